The summed E-state index contributed by atoms with van der Waals surface area (Å²) in [7, 11) is 0. The van der Waals surface area contributed by atoms with Gasteiger partial charge in [-0.3, -0.25) is 4.79 Å². The van der Waals surface area contributed by atoms with E-state index in [1.165, 1.54) is 38.5 Å². The molecule has 1 heterocycles. The number of amides is 1. The summed E-state index contributed by atoms with van der Waals surface area (Å²) >= 11 is 0. The molecule has 21 heavy (non-hydrogen) atoms. The number of hydrogen-bond acceptors (Lipinski definition) is 2. The third-order valence-electron chi connectivity index (χ3n) is 4.79. The van der Waals surface area contributed by atoms with Crippen LogP contribution in [0, 0.1) is 0 Å². The van der Waals surface area contributed by atoms with E-state index in [1.807, 2.05) is 18.2 Å². The molecular weight excluding hydrogens is 260 g/mol. The van der Waals surface area contributed by atoms with E-state index in [-0.39, 0.29) is 5.91 Å². The van der Waals surface area contributed by atoms with E-state index in [1.54, 1.807) is 0 Å². The molecule has 0 atom stereocenters. The molecule has 1 saturated carbocycles. The smallest absolute Gasteiger partial charge is 0.253 e. The van der Waals surface area contributed by atoms with E-state index in [0.29, 0.717) is 6.04 Å². The standard InChI is InChI=1S/C18H26N2O/c21-18(19-15-9-3-1-2-4-10-15)16-11-5-6-12-17(16)20-13-7-8-14-20/h5-6,11-12,15H,1-4,7-10,13-14H2,(H,19,21). The first-order valence-electron chi connectivity index (χ1n) is 8.49. The second kappa shape index (κ2) is 6.97. The fourth-order valence-electron chi connectivity index (χ4n) is 3.59. The molecule has 1 saturated heterocycles. The summed E-state index contributed by atoms with van der Waals surface area (Å²) in [5, 5.41) is 3.27. The summed E-state index contributed by atoms with van der Waals surface area (Å²) in [4.78, 5) is 15.0. The summed E-state index contributed by atoms with van der Waals surface area (Å²) in [6.07, 6.45) is 9.87. The molecule has 0 spiro atoms. The second-order valence-electron chi connectivity index (χ2n) is 6.37. The first-order chi connectivity index (χ1) is 10.3. The highest BCUT2D eigenvalue weighted by atomic mass is 16.1. The lowest BCUT2D eigenvalue weighted by Gasteiger charge is -2.22. The van der Waals surface area contributed by atoms with Crippen molar-refractivity contribution in [3.05, 3.63) is 29.8 Å². The lowest BCUT2D eigenvalue weighted by Crippen LogP contribution is -2.35. The minimum absolute atomic E-state index is 0.115. The molecule has 0 bridgehead atoms. The van der Waals surface area contributed by atoms with Gasteiger partial charge >= 0.3 is 0 Å². The van der Waals surface area contributed by atoms with Crippen LogP contribution >= 0.6 is 0 Å². The summed E-state index contributed by atoms with van der Waals surface area (Å²) in [5.74, 6) is 0.115. The van der Waals surface area contributed by atoms with Crippen molar-refractivity contribution in [3.63, 3.8) is 0 Å². The van der Waals surface area contributed by atoms with Gasteiger partial charge in [-0.05, 0) is 37.8 Å². The van der Waals surface area contributed by atoms with E-state index in [4.69, 9.17) is 0 Å². The fourth-order valence-corrected chi connectivity index (χ4v) is 3.59. The molecule has 114 valence electrons. The first kappa shape index (κ1) is 14.4. The van der Waals surface area contributed by atoms with Crippen LogP contribution in [0.5, 0.6) is 0 Å². The predicted molar refractivity (Wildman–Crippen MR) is 86.8 cm³/mol. The number of para-hydroxylation sites is 1. The van der Waals surface area contributed by atoms with Crippen LogP contribution in [0.25, 0.3) is 0 Å². The number of carbonyl (C=O) groups is 1. The molecular formula is C18H26N2O. The first-order valence-corrected chi connectivity index (χ1v) is 8.49. The second-order valence-corrected chi connectivity index (χ2v) is 6.37. The van der Waals surface area contributed by atoms with Crippen molar-refractivity contribution in [3.8, 4) is 0 Å². The molecule has 1 aromatic rings. The number of nitrogens with zero attached hydrogens (tertiary/aromatic N) is 1. The Morgan fingerprint density at radius 1 is 0.952 bits per heavy atom. The van der Waals surface area contributed by atoms with Crippen molar-refractivity contribution in [1.29, 1.82) is 0 Å². The number of benzene rings is 1. The Balaban J connectivity index is 1.71. The SMILES string of the molecule is O=C(NC1CCCCCC1)c1ccccc1N1CCCC1. The average molecular weight is 286 g/mol. The predicted octanol–water partition coefficient (Wildman–Crippen LogP) is 3.74. The number of hydrogen-bond donors (Lipinski definition) is 1. The number of carbonyl (C=O) groups excluding carboxylic acids is 1. The average Bonchev–Trinajstić information content (AvgIpc) is 2.93. The molecule has 0 unspecified atom stereocenters. The normalized spacial score (nSPS) is 20.3. The lowest BCUT2D eigenvalue weighted by molar-refractivity contribution is 0.0934. The molecule has 3 rings (SSSR count). The Morgan fingerprint density at radius 3 is 2.33 bits per heavy atom. The fraction of sp³-hybridized carbons (Fsp3) is 0.611. The van der Waals surface area contributed by atoms with E-state index >= 15 is 0 Å². The van der Waals surface area contributed by atoms with Crippen LogP contribution in [0.2, 0.25) is 0 Å². The Labute approximate surface area is 127 Å². The van der Waals surface area contributed by atoms with Gasteiger partial charge in [-0.1, -0.05) is 37.8 Å². The highest BCUT2D eigenvalue weighted by Crippen LogP contribution is 2.25. The van der Waals surface area contributed by atoms with E-state index < -0.39 is 0 Å². The van der Waals surface area contributed by atoms with Gasteiger partial charge in [0.05, 0.1) is 5.56 Å². The van der Waals surface area contributed by atoms with Gasteiger partial charge in [-0.15, -0.1) is 0 Å². The van der Waals surface area contributed by atoms with Crippen LogP contribution in [-0.2, 0) is 0 Å². The zero-order valence-corrected chi connectivity index (χ0v) is 12.8. The molecule has 3 nitrogen and oxygen atoms in total. The summed E-state index contributed by atoms with van der Waals surface area (Å²) in [6, 6.07) is 8.44. The largest absolute Gasteiger partial charge is 0.371 e. The van der Waals surface area contributed by atoms with Gasteiger partial charge in [0.25, 0.3) is 5.91 Å². The van der Waals surface area contributed by atoms with Gasteiger partial charge in [-0.2, -0.15) is 0 Å². The number of nitrogens with one attached hydrogen (secondary N) is 1. The minimum atomic E-state index is 0.115. The van der Waals surface area contributed by atoms with Crippen molar-refractivity contribution in [1.82, 2.24) is 5.32 Å². The third kappa shape index (κ3) is 3.58. The Morgan fingerprint density at radius 2 is 1.62 bits per heavy atom. The monoisotopic (exact) mass is 286 g/mol. The van der Waals surface area contributed by atoms with Crippen LogP contribution in [-0.4, -0.2) is 25.0 Å². The number of rotatable bonds is 3. The molecule has 1 N–H and O–H groups in total. The van der Waals surface area contributed by atoms with E-state index in [9.17, 15) is 4.79 Å². The van der Waals surface area contributed by atoms with Gasteiger partial charge in [-0.25, -0.2) is 0 Å². The maximum atomic E-state index is 12.7. The number of anilines is 1. The summed E-state index contributed by atoms with van der Waals surface area (Å²) < 4.78 is 0. The van der Waals surface area contributed by atoms with Crippen molar-refractivity contribution < 1.29 is 4.79 Å². The maximum Gasteiger partial charge on any atom is 0.253 e. The van der Waals surface area contributed by atoms with Crippen molar-refractivity contribution >= 4 is 11.6 Å². The van der Waals surface area contributed by atoms with Crippen LogP contribution in [0.15, 0.2) is 24.3 Å². The van der Waals surface area contributed by atoms with Crippen molar-refractivity contribution in [2.24, 2.45) is 0 Å². The van der Waals surface area contributed by atoms with Crippen molar-refractivity contribution in [2.75, 3.05) is 18.0 Å². The van der Waals surface area contributed by atoms with Crippen LogP contribution < -0.4 is 10.2 Å². The lowest BCUT2D eigenvalue weighted by atomic mass is 10.1. The molecule has 0 aromatic heterocycles. The Hall–Kier alpha value is -1.51. The third-order valence-corrected chi connectivity index (χ3v) is 4.79. The quantitative estimate of drug-likeness (QED) is 0.859. The zero-order valence-electron chi connectivity index (χ0n) is 12.8. The van der Waals surface area contributed by atoms with Crippen LogP contribution in [0.3, 0.4) is 0 Å². The highest BCUT2D eigenvalue weighted by molar-refractivity contribution is 6.00. The van der Waals surface area contributed by atoms with Gasteiger partial charge in [0.1, 0.15) is 0 Å². The van der Waals surface area contributed by atoms with Crippen molar-refractivity contribution in [2.45, 2.75) is 57.4 Å². The summed E-state index contributed by atoms with van der Waals surface area (Å²) in [6.45, 7) is 2.15. The highest BCUT2D eigenvalue weighted by Gasteiger charge is 2.21. The minimum Gasteiger partial charge on any atom is -0.371 e. The van der Waals surface area contributed by atoms with Crippen LogP contribution in [0.1, 0.15) is 61.7 Å². The Bertz CT molecular complexity index is 472. The molecule has 2 aliphatic rings. The molecule has 1 aliphatic carbocycles. The Kier molecular flexibility index (Phi) is 4.79. The molecule has 2 fully saturated rings. The van der Waals surface area contributed by atoms with Gasteiger partial charge in [0.15, 0.2) is 0 Å². The van der Waals surface area contributed by atoms with Gasteiger partial charge < -0.3 is 10.2 Å². The molecule has 1 amide bonds. The topological polar surface area (TPSA) is 32.3 Å². The maximum absolute atomic E-state index is 12.7. The van der Waals surface area contributed by atoms with Crippen LogP contribution in [0.4, 0.5) is 5.69 Å². The zero-order chi connectivity index (χ0) is 14.5. The molecule has 0 radical (unpaired) electrons. The molecule has 1 aromatic carbocycles. The van der Waals surface area contributed by atoms with E-state index in [0.717, 1.165) is 37.2 Å². The molecule has 3 heteroatoms. The van der Waals surface area contributed by atoms with E-state index in [2.05, 4.69) is 16.3 Å². The molecule has 1 aliphatic heterocycles. The van der Waals surface area contributed by atoms with Gasteiger partial charge in [0, 0.05) is 24.8 Å². The van der Waals surface area contributed by atoms with Gasteiger partial charge in [0.2, 0.25) is 0 Å². The summed E-state index contributed by atoms with van der Waals surface area (Å²) in [5.41, 5.74) is 1.96.